The van der Waals surface area contributed by atoms with E-state index < -0.39 is 17.6 Å². The Kier molecular flexibility index (Phi) is 3.25. The summed E-state index contributed by atoms with van der Waals surface area (Å²) in [4.78, 5) is 20.9. The molecule has 0 bridgehead atoms. The molecule has 0 saturated carbocycles. The SMILES string of the molecule is O=C(O)C1=NC2=C(C1)N=CN(Cc1ccc(F)c(F)c1)C2. The Labute approximate surface area is 118 Å². The number of nitrogens with zero attached hydrogens (tertiary/aromatic N) is 3. The molecule has 0 spiro atoms. The molecule has 21 heavy (non-hydrogen) atoms. The zero-order valence-electron chi connectivity index (χ0n) is 10.9. The van der Waals surface area contributed by atoms with Crippen molar-refractivity contribution in [2.45, 2.75) is 13.0 Å². The van der Waals surface area contributed by atoms with Crippen LogP contribution in [0.15, 0.2) is 39.6 Å². The molecule has 2 heterocycles. The Bertz CT molecular complexity index is 710. The summed E-state index contributed by atoms with van der Waals surface area (Å²) in [5.41, 5.74) is 1.93. The molecule has 0 amide bonds. The normalized spacial score (nSPS) is 17.0. The molecule has 108 valence electrons. The molecule has 0 radical (unpaired) electrons. The first-order valence-electron chi connectivity index (χ1n) is 6.28. The van der Waals surface area contributed by atoms with E-state index in [1.807, 2.05) is 0 Å². The van der Waals surface area contributed by atoms with E-state index in [0.29, 0.717) is 30.0 Å². The van der Waals surface area contributed by atoms with Gasteiger partial charge in [0.2, 0.25) is 0 Å². The van der Waals surface area contributed by atoms with Crippen LogP contribution in [0.25, 0.3) is 0 Å². The van der Waals surface area contributed by atoms with Crippen molar-refractivity contribution in [3.63, 3.8) is 0 Å². The summed E-state index contributed by atoms with van der Waals surface area (Å²) in [6.07, 6.45) is 1.79. The van der Waals surface area contributed by atoms with E-state index in [1.54, 1.807) is 11.2 Å². The first kappa shape index (κ1) is 13.4. The summed E-state index contributed by atoms with van der Waals surface area (Å²) >= 11 is 0. The molecule has 0 saturated heterocycles. The highest BCUT2D eigenvalue weighted by molar-refractivity contribution is 6.37. The number of hydrogen-bond acceptors (Lipinski definition) is 4. The average Bonchev–Trinajstić information content (AvgIpc) is 2.86. The molecule has 0 fully saturated rings. The van der Waals surface area contributed by atoms with Crippen molar-refractivity contribution in [3.05, 3.63) is 46.8 Å². The van der Waals surface area contributed by atoms with Gasteiger partial charge in [0.25, 0.3) is 0 Å². The standard InChI is InChI=1S/C14H11F2N3O2/c15-9-2-1-8(3-10(9)16)5-19-6-13-11(17-7-19)4-12(18-13)14(20)21/h1-3,7H,4-6H2,(H,20,21). The zero-order valence-corrected chi connectivity index (χ0v) is 10.9. The first-order valence-corrected chi connectivity index (χ1v) is 6.28. The molecular weight excluding hydrogens is 280 g/mol. The maximum Gasteiger partial charge on any atom is 0.350 e. The number of halogens is 2. The summed E-state index contributed by atoms with van der Waals surface area (Å²) in [7, 11) is 0. The van der Waals surface area contributed by atoms with Crippen LogP contribution in [0.4, 0.5) is 8.78 Å². The number of benzene rings is 1. The molecule has 1 N–H and O–H groups in total. The van der Waals surface area contributed by atoms with Crippen molar-refractivity contribution in [2.24, 2.45) is 9.98 Å². The van der Waals surface area contributed by atoms with Gasteiger partial charge in [-0.05, 0) is 17.7 Å². The Hall–Kier alpha value is -2.57. The summed E-state index contributed by atoms with van der Waals surface area (Å²) in [6.45, 7) is 0.740. The van der Waals surface area contributed by atoms with Crippen LogP contribution in [0.2, 0.25) is 0 Å². The minimum absolute atomic E-state index is 0.0758. The predicted octanol–water partition coefficient (Wildman–Crippen LogP) is 1.95. The van der Waals surface area contributed by atoms with Crippen LogP contribution in [0, 0.1) is 11.6 Å². The minimum Gasteiger partial charge on any atom is -0.477 e. The third-order valence-corrected chi connectivity index (χ3v) is 3.28. The number of aliphatic carboxylic acids is 1. The molecule has 1 aromatic carbocycles. The van der Waals surface area contributed by atoms with E-state index in [9.17, 15) is 13.6 Å². The Morgan fingerprint density at radius 1 is 1.29 bits per heavy atom. The maximum atomic E-state index is 13.2. The second-order valence-electron chi connectivity index (χ2n) is 4.83. The fraction of sp³-hybridized carbons (Fsp3) is 0.214. The van der Waals surface area contributed by atoms with Gasteiger partial charge in [-0.1, -0.05) is 6.07 Å². The van der Waals surface area contributed by atoms with Crippen LogP contribution >= 0.6 is 0 Å². The van der Waals surface area contributed by atoms with Crippen molar-refractivity contribution < 1.29 is 18.7 Å². The second-order valence-corrected chi connectivity index (χ2v) is 4.83. The maximum absolute atomic E-state index is 13.2. The monoisotopic (exact) mass is 291 g/mol. The van der Waals surface area contributed by atoms with Gasteiger partial charge in [-0.25, -0.2) is 23.6 Å². The van der Waals surface area contributed by atoms with Gasteiger partial charge in [-0.3, -0.25) is 0 Å². The van der Waals surface area contributed by atoms with E-state index in [2.05, 4.69) is 9.98 Å². The lowest BCUT2D eigenvalue weighted by Crippen LogP contribution is -2.26. The molecule has 0 atom stereocenters. The van der Waals surface area contributed by atoms with Gasteiger partial charge in [0.05, 0.1) is 24.3 Å². The van der Waals surface area contributed by atoms with Crippen molar-refractivity contribution in [1.29, 1.82) is 0 Å². The summed E-state index contributed by atoms with van der Waals surface area (Å²) < 4.78 is 26.0. The molecular formula is C14H11F2N3O2. The van der Waals surface area contributed by atoms with Crippen LogP contribution in [0.5, 0.6) is 0 Å². The number of aliphatic imine (C=N–C) groups is 2. The number of hydrogen-bond donors (Lipinski definition) is 1. The molecule has 2 aliphatic rings. The highest BCUT2D eigenvalue weighted by Gasteiger charge is 2.25. The fourth-order valence-electron chi connectivity index (χ4n) is 2.25. The molecule has 3 rings (SSSR count). The number of carboxylic acid groups (broad SMARTS) is 1. The van der Waals surface area contributed by atoms with E-state index in [4.69, 9.17) is 5.11 Å². The van der Waals surface area contributed by atoms with Crippen LogP contribution < -0.4 is 0 Å². The molecule has 1 aromatic rings. The van der Waals surface area contributed by atoms with Gasteiger partial charge >= 0.3 is 5.97 Å². The van der Waals surface area contributed by atoms with Crippen LogP contribution in [0.1, 0.15) is 12.0 Å². The van der Waals surface area contributed by atoms with Gasteiger partial charge in [-0.15, -0.1) is 0 Å². The summed E-state index contributed by atoms with van der Waals surface area (Å²) in [6, 6.07) is 3.71. The van der Waals surface area contributed by atoms with Gasteiger partial charge in [0.1, 0.15) is 5.71 Å². The van der Waals surface area contributed by atoms with E-state index in [0.717, 1.165) is 12.1 Å². The lowest BCUT2D eigenvalue weighted by molar-refractivity contribution is -0.129. The molecule has 0 aliphatic carbocycles. The van der Waals surface area contributed by atoms with Crippen LogP contribution in [0.3, 0.4) is 0 Å². The number of carboxylic acids is 1. The topological polar surface area (TPSA) is 65.3 Å². The number of rotatable bonds is 3. The van der Waals surface area contributed by atoms with Crippen LogP contribution in [-0.4, -0.2) is 34.6 Å². The minimum atomic E-state index is -1.05. The Balaban J connectivity index is 1.71. The molecule has 2 aliphatic heterocycles. The van der Waals surface area contributed by atoms with Gasteiger partial charge in [-0.2, -0.15) is 0 Å². The third-order valence-electron chi connectivity index (χ3n) is 3.28. The van der Waals surface area contributed by atoms with Crippen molar-refractivity contribution in [2.75, 3.05) is 6.54 Å². The van der Waals surface area contributed by atoms with E-state index >= 15 is 0 Å². The lowest BCUT2D eigenvalue weighted by atomic mass is 10.2. The summed E-state index contributed by atoms with van der Waals surface area (Å²) in [5.74, 6) is -2.83. The lowest BCUT2D eigenvalue weighted by Gasteiger charge is -2.22. The predicted molar refractivity (Wildman–Crippen MR) is 72.0 cm³/mol. The second kappa shape index (κ2) is 5.08. The number of allylic oxidation sites excluding steroid dienone is 1. The summed E-state index contributed by atoms with van der Waals surface area (Å²) in [5, 5.41) is 8.92. The number of carbonyl (C=O) groups is 1. The van der Waals surface area contributed by atoms with Crippen molar-refractivity contribution >= 4 is 18.0 Å². The van der Waals surface area contributed by atoms with Gasteiger partial charge < -0.3 is 10.0 Å². The van der Waals surface area contributed by atoms with Crippen molar-refractivity contribution in [1.82, 2.24) is 4.90 Å². The largest absolute Gasteiger partial charge is 0.477 e. The average molecular weight is 291 g/mol. The molecule has 0 aromatic heterocycles. The Morgan fingerprint density at radius 3 is 2.81 bits per heavy atom. The molecule has 5 nitrogen and oxygen atoms in total. The fourth-order valence-corrected chi connectivity index (χ4v) is 2.25. The zero-order chi connectivity index (χ0) is 15.0. The first-order chi connectivity index (χ1) is 10.0. The molecule has 7 heteroatoms. The quantitative estimate of drug-likeness (QED) is 0.925. The highest BCUT2D eigenvalue weighted by atomic mass is 19.2. The van der Waals surface area contributed by atoms with E-state index in [-0.39, 0.29) is 12.1 Å². The Morgan fingerprint density at radius 2 is 2.10 bits per heavy atom. The van der Waals surface area contributed by atoms with Gasteiger partial charge in [0.15, 0.2) is 11.6 Å². The van der Waals surface area contributed by atoms with E-state index in [1.165, 1.54) is 6.07 Å². The van der Waals surface area contributed by atoms with Crippen molar-refractivity contribution in [3.8, 4) is 0 Å². The molecule has 0 unspecified atom stereocenters. The van der Waals surface area contributed by atoms with Gasteiger partial charge in [0, 0.05) is 13.0 Å². The smallest absolute Gasteiger partial charge is 0.350 e. The highest BCUT2D eigenvalue weighted by Crippen LogP contribution is 2.25. The third kappa shape index (κ3) is 2.67. The van der Waals surface area contributed by atoms with Crippen LogP contribution in [-0.2, 0) is 11.3 Å².